The van der Waals surface area contributed by atoms with Crippen molar-refractivity contribution >= 4 is 23.4 Å². The Morgan fingerprint density at radius 1 is 1.03 bits per heavy atom. The smallest absolute Gasteiger partial charge is 0.241 e. The lowest BCUT2D eigenvalue weighted by Crippen LogP contribution is -2.45. The third-order valence-corrected chi connectivity index (χ3v) is 8.07. The molecule has 35 heavy (non-hydrogen) atoms. The van der Waals surface area contributed by atoms with Crippen LogP contribution in [0.3, 0.4) is 0 Å². The molecule has 1 unspecified atom stereocenters. The van der Waals surface area contributed by atoms with Crippen LogP contribution in [0.5, 0.6) is 0 Å². The molecule has 0 radical (unpaired) electrons. The van der Waals surface area contributed by atoms with Crippen LogP contribution in [0, 0.1) is 0 Å². The number of amides is 1. The van der Waals surface area contributed by atoms with Gasteiger partial charge in [-0.15, -0.1) is 10.2 Å². The van der Waals surface area contributed by atoms with E-state index < -0.39 is 0 Å². The van der Waals surface area contributed by atoms with E-state index in [1.165, 1.54) is 11.1 Å². The van der Waals surface area contributed by atoms with E-state index in [-0.39, 0.29) is 5.91 Å². The maximum atomic E-state index is 13.3. The van der Waals surface area contributed by atoms with Crippen LogP contribution < -0.4 is 4.90 Å². The average Bonchev–Trinajstić information content (AvgIpc) is 3.32. The van der Waals surface area contributed by atoms with Gasteiger partial charge in [-0.3, -0.25) is 9.69 Å². The predicted molar refractivity (Wildman–Crippen MR) is 142 cm³/mol. The molecule has 0 spiro atoms. The van der Waals surface area contributed by atoms with Crippen LogP contribution in [0.15, 0.2) is 59.8 Å². The number of aryl methyl sites for hydroxylation is 1. The first-order valence-electron chi connectivity index (χ1n) is 12.8. The zero-order valence-electron chi connectivity index (χ0n) is 20.8. The fourth-order valence-electron chi connectivity index (χ4n) is 5.35. The zero-order chi connectivity index (χ0) is 24.2. The van der Waals surface area contributed by atoms with Crippen LogP contribution in [-0.2, 0) is 17.0 Å². The van der Waals surface area contributed by atoms with E-state index in [2.05, 4.69) is 76.0 Å². The van der Waals surface area contributed by atoms with Crippen molar-refractivity contribution in [1.82, 2.24) is 19.7 Å². The molecule has 0 bridgehead atoms. The number of benzene rings is 2. The standard InChI is InChI=1S/C28H35N5OS/c1-21(2)33-27(29-30-28(33)35-20-22-10-4-3-5-11-22)24-14-8-16-31(18-24)19-26(34)32-17-9-13-23-12-6-7-15-25(23)32/h3-7,10-12,15,21,24H,8-9,13-14,16-20H2,1-2H3. The van der Waals surface area contributed by atoms with Crippen molar-refractivity contribution in [3.8, 4) is 0 Å². The van der Waals surface area contributed by atoms with E-state index in [0.717, 1.165) is 67.7 Å². The van der Waals surface area contributed by atoms with Crippen molar-refractivity contribution < 1.29 is 4.79 Å². The van der Waals surface area contributed by atoms with Crippen molar-refractivity contribution in [2.45, 2.75) is 62.4 Å². The summed E-state index contributed by atoms with van der Waals surface area (Å²) in [6, 6.07) is 19.1. The molecule has 0 N–H and O–H groups in total. The number of aromatic nitrogens is 3. The fourth-order valence-corrected chi connectivity index (χ4v) is 6.38. The quantitative estimate of drug-likeness (QED) is 0.421. The molecule has 0 saturated carbocycles. The van der Waals surface area contributed by atoms with E-state index in [4.69, 9.17) is 0 Å². The lowest BCUT2D eigenvalue weighted by Gasteiger charge is -2.35. The Labute approximate surface area is 212 Å². The summed E-state index contributed by atoms with van der Waals surface area (Å²) >= 11 is 1.75. The summed E-state index contributed by atoms with van der Waals surface area (Å²) in [6.07, 6.45) is 4.25. The van der Waals surface area contributed by atoms with E-state index in [1.54, 1.807) is 11.8 Å². The first kappa shape index (κ1) is 24.1. The number of fused-ring (bicyclic) bond motifs is 1. The predicted octanol–water partition coefficient (Wildman–Crippen LogP) is 5.31. The number of rotatable bonds is 7. The number of carbonyl (C=O) groups is 1. The molecule has 0 aliphatic carbocycles. The van der Waals surface area contributed by atoms with Gasteiger partial charge in [-0.2, -0.15) is 0 Å². The van der Waals surface area contributed by atoms with Crippen molar-refractivity contribution in [2.75, 3.05) is 31.1 Å². The SMILES string of the molecule is CC(C)n1c(SCc2ccccc2)nnc1C1CCCN(CC(=O)N2CCCc3ccccc32)C1. The molecule has 3 aromatic rings. The topological polar surface area (TPSA) is 54.3 Å². The third kappa shape index (κ3) is 5.46. The van der Waals surface area contributed by atoms with E-state index in [9.17, 15) is 4.79 Å². The Morgan fingerprint density at radius 3 is 2.66 bits per heavy atom. The molecule has 1 saturated heterocycles. The summed E-state index contributed by atoms with van der Waals surface area (Å²) in [5.41, 5.74) is 3.67. The zero-order valence-corrected chi connectivity index (χ0v) is 21.6. The van der Waals surface area contributed by atoms with Crippen LogP contribution in [0.4, 0.5) is 5.69 Å². The summed E-state index contributed by atoms with van der Waals surface area (Å²) in [5.74, 6) is 2.46. The molecule has 1 amide bonds. The van der Waals surface area contributed by atoms with Gasteiger partial charge in [0.25, 0.3) is 0 Å². The van der Waals surface area contributed by atoms with Gasteiger partial charge in [0.15, 0.2) is 5.16 Å². The van der Waals surface area contributed by atoms with Gasteiger partial charge in [0.05, 0.1) is 6.54 Å². The molecule has 2 aliphatic heterocycles. The molecular formula is C28H35N5OS. The van der Waals surface area contributed by atoms with Crippen LogP contribution in [0.25, 0.3) is 0 Å². The number of anilines is 1. The Hall–Kier alpha value is -2.64. The second kappa shape index (κ2) is 11.0. The van der Waals surface area contributed by atoms with Crippen molar-refractivity contribution in [3.05, 3.63) is 71.5 Å². The summed E-state index contributed by atoms with van der Waals surface area (Å²) < 4.78 is 2.31. The molecule has 5 rings (SSSR count). The summed E-state index contributed by atoms with van der Waals surface area (Å²) in [6.45, 7) is 7.51. The normalized spacial score (nSPS) is 18.6. The Morgan fingerprint density at radius 2 is 1.83 bits per heavy atom. The lowest BCUT2D eigenvalue weighted by atomic mass is 9.96. The maximum absolute atomic E-state index is 13.3. The number of hydrogen-bond acceptors (Lipinski definition) is 5. The van der Waals surface area contributed by atoms with Gasteiger partial charge >= 0.3 is 0 Å². The minimum absolute atomic E-state index is 0.210. The van der Waals surface area contributed by atoms with Crippen molar-refractivity contribution in [2.24, 2.45) is 0 Å². The fraction of sp³-hybridized carbons (Fsp3) is 0.464. The summed E-state index contributed by atoms with van der Waals surface area (Å²) in [4.78, 5) is 17.6. The average molecular weight is 490 g/mol. The molecule has 3 heterocycles. The largest absolute Gasteiger partial charge is 0.311 e. The maximum Gasteiger partial charge on any atom is 0.241 e. The number of likely N-dealkylation sites (tertiary alicyclic amines) is 1. The van der Waals surface area contributed by atoms with Gasteiger partial charge in [-0.05, 0) is 63.3 Å². The molecule has 1 atom stereocenters. The number of hydrogen-bond donors (Lipinski definition) is 0. The minimum atomic E-state index is 0.210. The van der Waals surface area contributed by atoms with Crippen LogP contribution in [-0.4, -0.2) is 51.8 Å². The molecule has 7 heteroatoms. The first-order valence-corrected chi connectivity index (χ1v) is 13.8. The minimum Gasteiger partial charge on any atom is -0.311 e. The van der Waals surface area contributed by atoms with Crippen LogP contribution in [0.2, 0.25) is 0 Å². The van der Waals surface area contributed by atoms with E-state index in [0.29, 0.717) is 18.5 Å². The summed E-state index contributed by atoms with van der Waals surface area (Å²) in [5, 5.41) is 10.3. The molecule has 2 aliphatic rings. The number of nitrogens with zero attached hydrogens (tertiary/aromatic N) is 5. The molecule has 1 fully saturated rings. The molecule has 6 nitrogen and oxygen atoms in total. The van der Waals surface area contributed by atoms with Gasteiger partial charge in [0.1, 0.15) is 5.82 Å². The van der Waals surface area contributed by atoms with Gasteiger partial charge < -0.3 is 9.47 Å². The molecular weight excluding hydrogens is 454 g/mol. The summed E-state index contributed by atoms with van der Waals surface area (Å²) in [7, 11) is 0. The van der Waals surface area contributed by atoms with Gasteiger partial charge in [-0.25, -0.2) is 0 Å². The highest BCUT2D eigenvalue weighted by Crippen LogP contribution is 2.32. The van der Waals surface area contributed by atoms with Gasteiger partial charge in [-0.1, -0.05) is 60.3 Å². The Kier molecular flexibility index (Phi) is 7.54. The first-order chi connectivity index (χ1) is 17.1. The molecule has 1 aromatic heterocycles. The lowest BCUT2D eigenvalue weighted by molar-refractivity contribution is -0.120. The second-order valence-corrected chi connectivity index (χ2v) is 10.9. The highest BCUT2D eigenvalue weighted by atomic mass is 32.2. The van der Waals surface area contributed by atoms with E-state index in [1.807, 2.05) is 17.0 Å². The van der Waals surface area contributed by atoms with E-state index >= 15 is 0 Å². The molecule has 184 valence electrons. The third-order valence-electron chi connectivity index (χ3n) is 7.06. The van der Waals surface area contributed by atoms with Gasteiger partial charge in [0, 0.05) is 36.5 Å². The highest BCUT2D eigenvalue weighted by molar-refractivity contribution is 7.98. The number of carbonyl (C=O) groups excluding carboxylic acids is 1. The molecule has 2 aromatic carbocycles. The number of para-hydroxylation sites is 1. The Bertz CT molecular complexity index is 1150. The van der Waals surface area contributed by atoms with Crippen LogP contribution >= 0.6 is 11.8 Å². The Balaban J connectivity index is 1.27. The van der Waals surface area contributed by atoms with Gasteiger partial charge in [0.2, 0.25) is 5.91 Å². The number of thioether (sulfide) groups is 1. The van der Waals surface area contributed by atoms with Crippen molar-refractivity contribution in [3.63, 3.8) is 0 Å². The highest BCUT2D eigenvalue weighted by Gasteiger charge is 2.30. The number of piperidine rings is 1. The van der Waals surface area contributed by atoms with Crippen LogP contribution in [0.1, 0.15) is 62.0 Å². The van der Waals surface area contributed by atoms with Crippen molar-refractivity contribution in [1.29, 1.82) is 0 Å². The monoisotopic (exact) mass is 489 g/mol. The second-order valence-electron chi connectivity index (χ2n) is 9.93.